The van der Waals surface area contributed by atoms with E-state index in [1.165, 1.54) is 5.56 Å². The molecule has 21 heavy (non-hydrogen) atoms. The molecule has 5 heteroatoms. The van der Waals surface area contributed by atoms with Crippen LogP contribution in [0.1, 0.15) is 32.8 Å². The van der Waals surface area contributed by atoms with Crippen LogP contribution in [0.25, 0.3) is 0 Å². The standard InChI is InChI=1S/C16H24N2O3/c1-4-12-5-7-13(8-6-12)18-15(21)14(20)17-11-16(2,3)9-10-19/h5-8,19H,4,9-11H2,1-3H3,(H,17,20)(H,18,21). The average Bonchev–Trinajstić information content (AvgIpc) is 2.45. The van der Waals surface area contributed by atoms with Gasteiger partial charge in [0.15, 0.2) is 0 Å². The molecule has 0 atom stereocenters. The molecule has 0 spiro atoms. The summed E-state index contributed by atoms with van der Waals surface area (Å²) >= 11 is 0. The first kappa shape index (κ1) is 17.2. The summed E-state index contributed by atoms with van der Waals surface area (Å²) in [6, 6.07) is 7.38. The number of rotatable bonds is 6. The molecule has 0 fully saturated rings. The first-order valence-electron chi connectivity index (χ1n) is 7.17. The van der Waals surface area contributed by atoms with E-state index in [9.17, 15) is 9.59 Å². The fourth-order valence-electron chi connectivity index (χ4n) is 1.80. The lowest BCUT2D eigenvalue weighted by atomic mass is 9.90. The highest BCUT2D eigenvalue weighted by Gasteiger charge is 2.21. The van der Waals surface area contributed by atoms with E-state index >= 15 is 0 Å². The number of hydrogen-bond acceptors (Lipinski definition) is 3. The zero-order valence-electron chi connectivity index (χ0n) is 12.9. The van der Waals surface area contributed by atoms with E-state index in [0.29, 0.717) is 18.7 Å². The third kappa shape index (κ3) is 5.95. The highest BCUT2D eigenvalue weighted by molar-refractivity contribution is 6.39. The van der Waals surface area contributed by atoms with Crippen LogP contribution in [0.2, 0.25) is 0 Å². The average molecular weight is 292 g/mol. The van der Waals surface area contributed by atoms with E-state index in [4.69, 9.17) is 5.11 Å². The predicted molar refractivity (Wildman–Crippen MR) is 82.9 cm³/mol. The van der Waals surface area contributed by atoms with E-state index < -0.39 is 11.8 Å². The lowest BCUT2D eigenvalue weighted by Crippen LogP contribution is -2.40. The predicted octanol–water partition coefficient (Wildman–Crippen LogP) is 1.71. The molecule has 1 rings (SSSR count). The lowest BCUT2D eigenvalue weighted by Gasteiger charge is -2.23. The fourth-order valence-corrected chi connectivity index (χ4v) is 1.80. The van der Waals surface area contributed by atoms with Crippen molar-refractivity contribution in [2.24, 2.45) is 5.41 Å². The SMILES string of the molecule is CCc1ccc(NC(=O)C(=O)NCC(C)(C)CCO)cc1. The summed E-state index contributed by atoms with van der Waals surface area (Å²) in [5.41, 5.74) is 1.53. The van der Waals surface area contributed by atoms with Gasteiger partial charge in [0.1, 0.15) is 0 Å². The van der Waals surface area contributed by atoms with Crippen LogP contribution >= 0.6 is 0 Å². The van der Waals surface area contributed by atoms with E-state index in [-0.39, 0.29) is 12.0 Å². The van der Waals surface area contributed by atoms with Crippen LogP contribution in [0.3, 0.4) is 0 Å². The molecule has 3 N–H and O–H groups in total. The van der Waals surface area contributed by atoms with Gasteiger partial charge in [-0.25, -0.2) is 0 Å². The summed E-state index contributed by atoms with van der Waals surface area (Å²) in [7, 11) is 0. The number of hydrogen-bond donors (Lipinski definition) is 3. The van der Waals surface area contributed by atoms with Crippen LogP contribution in [-0.2, 0) is 16.0 Å². The summed E-state index contributed by atoms with van der Waals surface area (Å²) < 4.78 is 0. The Morgan fingerprint density at radius 3 is 2.29 bits per heavy atom. The molecular formula is C16H24N2O3. The van der Waals surface area contributed by atoms with Crippen LogP contribution in [-0.4, -0.2) is 30.1 Å². The van der Waals surface area contributed by atoms with Crippen molar-refractivity contribution in [1.82, 2.24) is 5.32 Å². The molecule has 0 radical (unpaired) electrons. The van der Waals surface area contributed by atoms with E-state index in [2.05, 4.69) is 17.6 Å². The molecule has 116 valence electrons. The van der Waals surface area contributed by atoms with Crippen molar-refractivity contribution >= 4 is 17.5 Å². The summed E-state index contributed by atoms with van der Waals surface area (Å²) in [5, 5.41) is 14.1. The molecule has 0 aliphatic rings. The highest BCUT2D eigenvalue weighted by Crippen LogP contribution is 2.17. The smallest absolute Gasteiger partial charge is 0.313 e. The maximum Gasteiger partial charge on any atom is 0.313 e. The highest BCUT2D eigenvalue weighted by atomic mass is 16.3. The van der Waals surface area contributed by atoms with Crippen molar-refractivity contribution in [1.29, 1.82) is 0 Å². The summed E-state index contributed by atoms with van der Waals surface area (Å²) in [6.45, 7) is 6.29. The lowest BCUT2D eigenvalue weighted by molar-refractivity contribution is -0.136. The molecule has 0 bridgehead atoms. The van der Waals surface area contributed by atoms with Gasteiger partial charge in [0.2, 0.25) is 0 Å². The van der Waals surface area contributed by atoms with Crippen molar-refractivity contribution in [2.75, 3.05) is 18.5 Å². The minimum absolute atomic E-state index is 0.0544. The second kappa shape index (κ2) is 7.78. The van der Waals surface area contributed by atoms with E-state index in [0.717, 1.165) is 6.42 Å². The van der Waals surface area contributed by atoms with Gasteiger partial charge in [0.25, 0.3) is 0 Å². The van der Waals surface area contributed by atoms with Crippen molar-refractivity contribution in [3.63, 3.8) is 0 Å². The molecule has 0 aromatic heterocycles. The van der Waals surface area contributed by atoms with Gasteiger partial charge in [0, 0.05) is 18.8 Å². The van der Waals surface area contributed by atoms with Crippen LogP contribution < -0.4 is 10.6 Å². The zero-order valence-corrected chi connectivity index (χ0v) is 12.9. The van der Waals surface area contributed by atoms with Crippen LogP contribution in [0.4, 0.5) is 5.69 Å². The van der Waals surface area contributed by atoms with Gasteiger partial charge in [-0.2, -0.15) is 0 Å². The normalized spacial score (nSPS) is 11.0. The molecule has 2 amide bonds. The number of carbonyl (C=O) groups is 2. The second-order valence-electron chi connectivity index (χ2n) is 5.83. The quantitative estimate of drug-likeness (QED) is 0.698. The number of anilines is 1. The number of aliphatic hydroxyl groups excluding tert-OH is 1. The van der Waals surface area contributed by atoms with Gasteiger partial charge in [-0.1, -0.05) is 32.9 Å². The molecular weight excluding hydrogens is 268 g/mol. The van der Waals surface area contributed by atoms with Crippen LogP contribution in [0, 0.1) is 5.41 Å². The van der Waals surface area contributed by atoms with Crippen molar-refractivity contribution in [2.45, 2.75) is 33.6 Å². The van der Waals surface area contributed by atoms with Crippen LogP contribution in [0.5, 0.6) is 0 Å². The molecule has 0 aliphatic carbocycles. The van der Waals surface area contributed by atoms with Gasteiger partial charge in [0.05, 0.1) is 0 Å². The number of aliphatic hydroxyl groups is 1. The maximum atomic E-state index is 11.8. The third-order valence-electron chi connectivity index (χ3n) is 3.34. The number of carbonyl (C=O) groups excluding carboxylic acids is 2. The molecule has 5 nitrogen and oxygen atoms in total. The summed E-state index contributed by atoms with van der Waals surface area (Å²) in [4.78, 5) is 23.5. The number of aryl methyl sites for hydroxylation is 1. The minimum atomic E-state index is -0.681. The Hall–Kier alpha value is -1.88. The molecule has 0 heterocycles. The van der Waals surface area contributed by atoms with Gasteiger partial charge in [-0.05, 0) is 36.0 Å². The minimum Gasteiger partial charge on any atom is -0.396 e. The molecule has 1 aromatic rings. The van der Waals surface area contributed by atoms with Gasteiger partial charge >= 0.3 is 11.8 Å². The monoisotopic (exact) mass is 292 g/mol. The maximum absolute atomic E-state index is 11.8. The van der Waals surface area contributed by atoms with E-state index in [1.54, 1.807) is 12.1 Å². The second-order valence-corrected chi connectivity index (χ2v) is 5.83. The first-order chi connectivity index (χ1) is 9.88. The van der Waals surface area contributed by atoms with E-state index in [1.807, 2.05) is 26.0 Å². The molecule has 1 aromatic carbocycles. The topological polar surface area (TPSA) is 78.4 Å². The van der Waals surface area contributed by atoms with Gasteiger partial charge < -0.3 is 15.7 Å². The van der Waals surface area contributed by atoms with Crippen molar-refractivity contribution < 1.29 is 14.7 Å². The Bertz CT molecular complexity index is 481. The Balaban J connectivity index is 2.49. The molecule has 0 saturated heterocycles. The van der Waals surface area contributed by atoms with Gasteiger partial charge in [-0.15, -0.1) is 0 Å². The first-order valence-corrected chi connectivity index (χ1v) is 7.17. The van der Waals surface area contributed by atoms with Crippen molar-refractivity contribution in [3.8, 4) is 0 Å². The Labute approximate surface area is 125 Å². The number of benzene rings is 1. The molecule has 0 unspecified atom stereocenters. The van der Waals surface area contributed by atoms with Gasteiger partial charge in [-0.3, -0.25) is 9.59 Å². The third-order valence-corrected chi connectivity index (χ3v) is 3.34. The summed E-state index contributed by atoms with van der Waals surface area (Å²) in [5.74, 6) is -1.35. The zero-order chi connectivity index (χ0) is 15.9. The molecule has 0 aliphatic heterocycles. The fraction of sp³-hybridized carbons (Fsp3) is 0.500. The Morgan fingerprint density at radius 1 is 1.14 bits per heavy atom. The summed E-state index contributed by atoms with van der Waals surface area (Å²) in [6.07, 6.45) is 1.49. The number of amides is 2. The van der Waals surface area contributed by atoms with Crippen molar-refractivity contribution in [3.05, 3.63) is 29.8 Å². The molecule has 0 saturated carbocycles. The number of nitrogens with one attached hydrogen (secondary N) is 2. The van der Waals surface area contributed by atoms with Crippen LogP contribution in [0.15, 0.2) is 24.3 Å². The largest absolute Gasteiger partial charge is 0.396 e. The Morgan fingerprint density at radius 2 is 1.76 bits per heavy atom. The Kier molecular flexibility index (Phi) is 6.37.